The molecule has 0 saturated carbocycles. The molecule has 1 aromatic rings. The highest BCUT2D eigenvalue weighted by atomic mass is 16.5. The average Bonchev–Trinajstić information content (AvgIpc) is 2.43. The quantitative estimate of drug-likeness (QED) is 0.766. The second kappa shape index (κ2) is 7.05. The van der Waals surface area contributed by atoms with Crippen LogP contribution in [0.3, 0.4) is 0 Å². The van der Waals surface area contributed by atoms with Crippen LogP contribution >= 0.6 is 0 Å². The van der Waals surface area contributed by atoms with Crippen LogP contribution in [0.15, 0.2) is 24.3 Å². The zero-order valence-electron chi connectivity index (χ0n) is 12.4. The number of amides is 1. The van der Waals surface area contributed by atoms with Crippen LogP contribution in [-0.4, -0.2) is 42.3 Å². The minimum atomic E-state index is -0.437. The molecule has 0 fully saturated rings. The van der Waals surface area contributed by atoms with E-state index in [9.17, 15) is 9.59 Å². The molecule has 0 bridgehead atoms. The lowest BCUT2D eigenvalue weighted by Crippen LogP contribution is -2.47. The second-order valence-corrected chi connectivity index (χ2v) is 5.00. The number of carbonyl (C=O) groups is 2. The van der Waals surface area contributed by atoms with Gasteiger partial charge in [-0.3, -0.25) is 14.5 Å². The Bertz CT molecular complexity index is 469. The highest BCUT2D eigenvalue weighted by molar-refractivity contribution is 6.00. The van der Waals surface area contributed by atoms with Gasteiger partial charge >= 0.3 is 0 Å². The summed E-state index contributed by atoms with van der Waals surface area (Å²) >= 11 is 0. The summed E-state index contributed by atoms with van der Waals surface area (Å²) in [4.78, 5) is 25.3. The number of hydrogen-bond acceptors (Lipinski definition) is 4. The Morgan fingerprint density at radius 3 is 2.15 bits per heavy atom. The lowest BCUT2D eigenvalue weighted by molar-refractivity contribution is -0.119. The smallest absolute Gasteiger partial charge is 0.231 e. The third-order valence-corrected chi connectivity index (χ3v) is 3.25. The summed E-state index contributed by atoms with van der Waals surface area (Å²) in [5.41, 5.74) is 5.83. The molecule has 0 heterocycles. The first kappa shape index (κ1) is 16.2. The van der Waals surface area contributed by atoms with Crippen molar-refractivity contribution in [3.63, 3.8) is 0 Å². The van der Waals surface area contributed by atoms with Crippen LogP contribution in [0, 0.1) is 0 Å². The number of nitrogens with zero attached hydrogens (tertiary/aromatic N) is 1. The van der Waals surface area contributed by atoms with E-state index in [1.165, 1.54) is 0 Å². The number of methoxy groups -OCH3 is 1. The van der Waals surface area contributed by atoms with Gasteiger partial charge in [0.05, 0.1) is 19.7 Å². The predicted octanol–water partition coefficient (Wildman–Crippen LogP) is 1.46. The fourth-order valence-electron chi connectivity index (χ4n) is 2.09. The molecular weight excluding hydrogens is 256 g/mol. The normalized spacial score (nSPS) is 12.5. The Morgan fingerprint density at radius 1 is 1.20 bits per heavy atom. The predicted molar refractivity (Wildman–Crippen MR) is 77.8 cm³/mol. The van der Waals surface area contributed by atoms with Gasteiger partial charge in [0.25, 0.3) is 0 Å². The van der Waals surface area contributed by atoms with Crippen molar-refractivity contribution in [2.24, 2.45) is 5.73 Å². The van der Waals surface area contributed by atoms with Gasteiger partial charge in [-0.05, 0) is 45.0 Å². The molecule has 2 N–H and O–H groups in total. The first-order valence-electron chi connectivity index (χ1n) is 6.59. The van der Waals surface area contributed by atoms with Gasteiger partial charge in [0.15, 0.2) is 5.78 Å². The molecule has 0 saturated heterocycles. The molecule has 0 aliphatic carbocycles. The van der Waals surface area contributed by atoms with E-state index < -0.39 is 11.9 Å². The number of carbonyl (C=O) groups excluding carboxylic acids is 2. The largest absolute Gasteiger partial charge is 0.497 e. The number of Topliss-reactive ketones (excluding diaryl/α,β-unsaturated/α-hetero) is 1. The van der Waals surface area contributed by atoms with E-state index in [0.29, 0.717) is 11.3 Å². The molecule has 1 rings (SSSR count). The fraction of sp³-hybridized carbons (Fsp3) is 0.467. The van der Waals surface area contributed by atoms with E-state index in [2.05, 4.69) is 0 Å². The van der Waals surface area contributed by atoms with E-state index in [4.69, 9.17) is 10.5 Å². The summed E-state index contributed by atoms with van der Waals surface area (Å²) in [6.45, 7) is 5.72. The van der Waals surface area contributed by atoms with Gasteiger partial charge in [-0.15, -0.1) is 0 Å². The molecule has 0 aliphatic heterocycles. The Labute approximate surface area is 119 Å². The third-order valence-electron chi connectivity index (χ3n) is 3.25. The molecule has 110 valence electrons. The molecule has 1 amide bonds. The second-order valence-electron chi connectivity index (χ2n) is 5.00. The molecule has 20 heavy (non-hydrogen) atoms. The molecule has 5 nitrogen and oxygen atoms in total. The Balaban J connectivity index is 2.89. The van der Waals surface area contributed by atoms with Crippen LogP contribution in [-0.2, 0) is 4.79 Å². The summed E-state index contributed by atoms with van der Waals surface area (Å²) in [5.74, 6) is 0.225. The summed E-state index contributed by atoms with van der Waals surface area (Å²) in [6.07, 6.45) is 0. The SMILES string of the molecule is COc1ccc(C(=O)C(C)N(CC(N)=O)C(C)C)cc1. The molecule has 0 spiro atoms. The van der Waals surface area contributed by atoms with Crippen LogP contribution in [0.1, 0.15) is 31.1 Å². The standard InChI is InChI=1S/C15H22N2O3/c1-10(2)17(9-14(16)18)11(3)15(19)12-5-7-13(20-4)8-6-12/h5-8,10-11H,9H2,1-4H3,(H2,16,18). The van der Waals surface area contributed by atoms with Gasteiger partial charge in [0, 0.05) is 11.6 Å². The lowest BCUT2D eigenvalue weighted by Gasteiger charge is -2.30. The maximum atomic E-state index is 12.4. The number of ether oxygens (including phenoxy) is 1. The number of ketones is 1. The number of nitrogens with two attached hydrogens (primary N) is 1. The number of hydrogen-bond donors (Lipinski definition) is 1. The van der Waals surface area contributed by atoms with Crippen molar-refractivity contribution >= 4 is 11.7 Å². The maximum Gasteiger partial charge on any atom is 0.231 e. The van der Waals surface area contributed by atoms with Crippen LogP contribution in [0.2, 0.25) is 0 Å². The van der Waals surface area contributed by atoms with E-state index in [1.54, 1.807) is 43.2 Å². The summed E-state index contributed by atoms with van der Waals surface area (Å²) in [6, 6.07) is 6.58. The fourth-order valence-corrected chi connectivity index (χ4v) is 2.09. The van der Waals surface area contributed by atoms with E-state index in [-0.39, 0.29) is 18.4 Å². The monoisotopic (exact) mass is 278 g/mol. The van der Waals surface area contributed by atoms with Crippen LogP contribution < -0.4 is 10.5 Å². The molecule has 0 radical (unpaired) electrons. The summed E-state index contributed by atoms with van der Waals surface area (Å²) < 4.78 is 5.06. The number of benzene rings is 1. The van der Waals surface area contributed by atoms with Crippen molar-refractivity contribution in [1.82, 2.24) is 4.90 Å². The average molecular weight is 278 g/mol. The summed E-state index contributed by atoms with van der Waals surface area (Å²) in [5, 5.41) is 0. The van der Waals surface area contributed by atoms with Crippen LogP contribution in [0.25, 0.3) is 0 Å². The third kappa shape index (κ3) is 4.06. The first-order valence-corrected chi connectivity index (χ1v) is 6.59. The minimum Gasteiger partial charge on any atom is -0.497 e. The van der Waals surface area contributed by atoms with Crippen molar-refractivity contribution in [3.8, 4) is 5.75 Å². The molecule has 1 aromatic carbocycles. The van der Waals surface area contributed by atoms with Crippen molar-refractivity contribution in [2.75, 3.05) is 13.7 Å². The van der Waals surface area contributed by atoms with Crippen molar-refractivity contribution in [2.45, 2.75) is 32.9 Å². The van der Waals surface area contributed by atoms with Crippen LogP contribution in [0.5, 0.6) is 5.75 Å². The Hall–Kier alpha value is -1.88. The molecule has 1 atom stereocenters. The zero-order valence-corrected chi connectivity index (χ0v) is 12.4. The highest BCUT2D eigenvalue weighted by Gasteiger charge is 2.25. The topological polar surface area (TPSA) is 72.6 Å². The van der Waals surface area contributed by atoms with Gasteiger partial charge < -0.3 is 10.5 Å². The lowest BCUT2D eigenvalue weighted by atomic mass is 10.0. The zero-order chi connectivity index (χ0) is 15.3. The maximum absolute atomic E-state index is 12.4. The van der Waals surface area contributed by atoms with Gasteiger partial charge in [-0.25, -0.2) is 0 Å². The number of rotatable bonds is 7. The molecule has 1 unspecified atom stereocenters. The van der Waals surface area contributed by atoms with Gasteiger partial charge in [0.1, 0.15) is 5.75 Å². The summed E-state index contributed by atoms with van der Waals surface area (Å²) in [7, 11) is 1.58. The van der Waals surface area contributed by atoms with E-state index >= 15 is 0 Å². The molecule has 0 aromatic heterocycles. The van der Waals surface area contributed by atoms with E-state index in [1.807, 2.05) is 13.8 Å². The Kier molecular flexibility index (Phi) is 5.70. The first-order chi connectivity index (χ1) is 9.36. The van der Waals surface area contributed by atoms with Crippen molar-refractivity contribution < 1.29 is 14.3 Å². The highest BCUT2D eigenvalue weighted by Crippen LogP contribution is 2.16. The van der Waals surface area contributed by atoms with Crippen molar-refractivity contribution in [1.29, 1.82) is 0 Å². The van der Waals surface area contributed by atoms with Crippen LogP contribution in [0.4, 0.5) is 0 Å². The molecule has 5 heteroatoms. The molecule has 0 aliphatic rings. The molecular formula is C15H22N2O3. The van der Waals surface area contributed by atoms with Gasteiger partial charge in [-0.2, -0.15) is 0 Å². The van der Waals surface area contributed by atoms with Crippen molar-refractivity contribution in [3.05, 3.63) is 29.8 Å². The minimum absolute atomic E-state index is 0.0393. The van der Waals surface area contributed by atoms with E-state index in [0.717, 1.165) is 0 Å². The van der Waals surface area contributed by atoms with Gasteiger partial charge in [-0.1, -0.05) is 0 Å². The number of primary amides is 1. The van der Waals surface area contributed by atoms with Gasteiger partial charge in [0.2, 0.25) is 5.91 Å². The Morgan fingerprint density at radius 2 is 1.75 bits per heavy atom.